The van der Waals surface area contributed by atoms with Crippen molar-refractivity contribution in [2.24, 2.45) is 0 Å². The molecule has 0 saturated heterocycles. The monoisotopic (exact) mass is 369 g/mol. The maximum atomic E-state index is 13.0. The third-order valence-corrected chi connectivity index (χ3v) is 4.39. The van der Waals surface area contributed by atoms with Crippen LogP contribution < -0.4 is 10.1 Å². The number of amides is 1. The van der Waals surface area contributed by atoms with Gasteiger partial charge in [0.1, 0.15) is 5.75 Å². The molecule has 4 rings (SSSR count). The predicted molar refractivity (Wildman–Crippen MR) is 110 cm³/mol. The van der Waals surface area contributed by atoms with Crippen LogP contribution in [0.25, 0.3) is 16.9 Å². The number of nitrogens with zero attached hydrogens (tertiary/aromatic N) is 2. The molecule has 0 fully saturated rings. The lowest BCUT2D eigenvalue weighted by Gasteiger charge is -2.11. The molecular formula is C23H19N3O2. The van der Waals surface area contributed by atoms with Crippen LogP contribution in [0, 0.1) is 0 Å². The van der Waals surface area contributed by atoms with E-state index in [1.165, 1.54) is 0 Å². The number of hydrogen-bond donors (Lipinski definition) is 1. The van der Waals surface area contributed by atoms with Gasteiger partial charge in [-0.15, -0.1) is 0 Å². The second kappa shape index (κ2) is 7.80. The summed E-state index contributed by atoms with van der Waals surface area (Å²) < 4.78 is 7.02. The van der Waals surface area contributed by atoms with E-state index in [-0.39, 0.29) is 5.91 Å². The summed E-state index contributed by atoms with van der Waals surface area (Å²) in [4.78, 5) is 13.0. The Hall–Kier alpha value is -3.86. The van der Waals surface area contributed by atoms with E-state index in [9.17, 15) is 4.79 Å². The Balaban J connectivity index is 1.76. The van der Waals surface area contributed by atoms with E-state index in [0.717, 1.165) is 16.9 Å². The van der Waals surface area contributed by atoms with Gasteiger partial charge in [0.05, 0.1) is 30.3 Å². The van der Waals surface area contributed by atoms with E-state index in [0.29, 0.717) is 17.0 Å². The first-order chi connectivity index (χ1) is 13.8. The summed E-state index contributed by atoms with van der Waals surface area (Å²) in [5.74, 6) is 0.454. The second-order valence-electron chi connectivity index (χ2n) is 6.21. The number of aromatic nitrogens is 2. The second-order valence-corrected chi connectivity index (χ2v) is 6.21. The Morgan fingerprint density at radius 2 is 1.64 bits per heavy atom. The van der Waals surface area contributed by atoms with Crippen LogP contribution in [-0.4, -0.2) is 22.8 Å². The van der Waals surface area contributed by atoms with Gasteiger partial charge in [0.15, 0.2) is 0 Å². The molecule has 138 valence electrons. The Morgan fingerprint density at radius 3 is 2.36 bits per heavy atom. The summed E-state index contributed by atoms with van der Waals surface area (Å²) in [6.07, 6.45) is 1.60. The van der Waals surface area contributed by atoms with Crippen LogP contribution in [0.4, 0.5) is 5.69 Å². The standard InChI is InChI=1S/C23H19N3O2/c1-28-20-14-8-11-18(15-20)25-23(27)21-16-24-26(19-12-6-3-7-13-19)22(21)17-9-4-2-5-10-17/h2-16H,1H3,(H,25,27). The normalized spacial score (nSPS) is 10.5. The fourth-order valence-electron chi connectivity index (χ4n) is 3.05. The molecule has 0 aliphatic carbocycles. The molecule has 0 bridgehead atoms. The molecule has 0 saturated carbocycles. The first kappa shape index (κ1) is 17.5. The van der Waals surface area contributed by atoms with Crippen molar-refractivity contribution in [3.63, 3.8) is 0 Å². The van der Waals surface area contributed by atoms with Crippen molar-refractivity contribution in [3.05, 3.63) is 96.7 Å². The quantitative estimate of drug-likeness (QED) is 0.550. The van der Waals surface area contributed by atoms with Gasteiger partial charge in [0.25, 0.3) is 5.91 Å². The SMILES string of the molecule is COc1cccc(NC(=O)c2cnn(-c3ccccc3)c2-c2ccccc2)c1. The number of methoxy groups -OCH3 is 1. The fourth-order valence-corrected chi connectivity index (χ4v) is 3.05. The summed E-state index contributed by atoms with van der Waals surface area (Å²) in [7, 11) is 1.60. The van der Waals surface area contributed by atoms with Crippen LogP contribution >= 0.6 is 0 Å². The number of hydrogen-bond acceptors (Lipinski definition) is 3. The number of anilines is 1. The van der Waals surface area contributed by atoms with Crippen molar-refractivity contribution >= 4 is 11.6 Å². The van der Waals surface area contributed by atoms with Gasteiger partial charge in [-0.2, -0.15) is 5.10 Å². The van der Waals surface area contributed by atoms with E-state index in [2.05, 4.69) is 10.4 Å². The van der Waals surface area contributed by atoms with Crippen LogP contribution in [0.15, 0.2) is 91.1 Å². The molecule has 1 aromatic heterocycles. The van der Waals surface area contributed by atoms with Gasteiger partial charge in [-0.1, -0.05) is 54.6 Å². The minimum atomic E-state index is -0.228. The summed E-state index contributed by atoms with van der Waals surface area (Å²) in [5.41, 5.74) is 3.71. The Kier molecular flexibility index (Phi) is 4.89. The van der Waals surface area contributed by atoms with E-state index >= 15 is 0 Å². The molecule has 5 heteroatoms. The van der Waals surface area contributed by atoms with Crippen molar-refractivity contribution < 1.29 is 9.53 Å². The zero-order chi connectivity index (χ0) is 19.3. The van der Waals surface area contributed by atoms with Gasteiger partial charge in [-0.05, 0) is 24.3 Å². The average molecular weight is 369 g/mol. The van der Waals surface area contributed by atoms with Crippen LogP contribution in [-0.2, 0) is 0 Å². The largest absolute Gasteiger partial charge is 0.497 e. The smallest absolute Gasteiger partial charge is 0.259 e. The van der Waals surface area contributed by atoms with Gasteiger partial charge in [0.2, 0.25) is 0 Å². The first-order valence-electron chi connectivity index (χ1n) is 8.90. The highest BCUT2D eigenvalue weighted by Gasteiger charge is 2.20. The summed E-state index contributed by atoms with van der Waals surface area (Å²) in [5, 5.41) is 7.43. The lowest BCUT2D eigenvalue weighted by Crippen LogP contribution is -2.13. The molecule has 1 N–H and O–H groups in total. The highest BCUT2D eigenvalue weighted by atomic mass is 16.5. The lowest BCUT2D eigenvalue weighted by molar-refractivity contribution is 0.102. The Bertz CT molecular complexity index is 1090. The van der Waals surface area contributed by atoms with Crippen LogP contribution in [0.1, 0.15) is 10.4 Å². The number of carbonyl (C=O) groups is 1. The molecule has 1 heterocycles. The third kappa shape index (κ3) is 3.50. The lowest BCUT2D eigenvalue weighted by atomic mass is 10.1. The molecule has 1 amide bonds. The van der Waals surface area contributed by atoms with Crippen molar-refractivity contribution in [1.29, 1.82) is 0 Å². The highest BCUT2D eigenvalue weighted by Crippen LogP contribution is 2.27. The minimum absolute atomic E-state index is 0.228. The van der Waals surface area contributed by atoms with E-state index in [1.54, 1.807) is 24.1 Å². The topological polar surface area (TPSA) is 56.1 Å². The van der Waals surface area contributed by atoms with Gasteiger partial charge in [0, 0.05) is 17.3 Å². The third-order valence-electron chi connectivity index (χ3n) is 4.39. The van der Waals surface area contributed by atoms with E-state index in [1.807, 2.05) is 78.9 Å². The maximum Gasteiger partial charge on any atom is 0.259 e. The van der Waals surface area contributed by atoms with Crippen LogP contribution in [0.3, 0.4) is 0 Å². The Morgan fingerprint density at radius 1 is 0.929 bits per heavy atom. The molecule has 28 heavy (non-hydrogen) atoms. The van der Waals surface area contributed by atoms with Crippen molar-refractivity contribution in [2.75, 3.05) is 12.4 Å². The molecule has 0 aliphatic rings. The van der Waals surface area contributed by atoms with Crippen LogP contribution in [0.5, 0.6) is 5.75 Å². The number of carbonyl (C=O) groups excluding carboxylic acids is 1. The van der Waals surface area contributed by atoms with Crippen molar-refractivity contribution in [2.45, 2.75) is 0 Å². The fraction of sp³-hybridized carbons (Fsp3) is 0.0435. The van der Waals surface area contributed by atoms with Gasteiger partial charge in [-0.3, -0.25) is 4.79 Å². The van der Waals surface area contributed by atoms with Gasteiger partial charge < -0.3 is 10.1 Å². The maximum absolute atomic E-state index is 13.0. The van der Waals surface area contributed by atoms with Crippen molar-refractivity contribution in [3.8, 4) is 22.7 Å². The number of ether oxygens (including phenoxy) is 1. The molecule has 3 aromatic carbocycles. The van der Waals surface area contributed by atoms with Gasteiger partial charge >= 0.3 is 0 Å². The number of para-hydroxylation sites is 1. The molecule has 0 spiro atoms. The molecular weight excluding hydrogens is 350 g/mol. The van der Waals surface area contributed by atoms with Crippen molar-refractivity contribution in [1.82, 2.24) is 9.78 Å². The molecule has 0 radical (unpaired) electrons. The van der Waals surface area contributed by atoms with Gasteiger partial charge in [-0.25, -0.2) is 4.68 Å². The summed E-state index contributed by atoms with van der Waals surface area (Å²) in [6, 6.07) is 26.8. The Labute approximate surface area is 163 Å². The highest BCUT2D eigenvalue weighted by molar-refractivity contribution is 6.08. The molecule has 0 atom stereocenters. The summed E-state index contributed by atoms with van der Waals surface area (Å²) in [6.45, 7) is 0. The molecule has 4 aromatic rings. The average Bonchev–Trinajstić information content (AvgIpc) is 3.20. The number of rotatable bonds is 5. The molecule has 0 aliphatic heterocycles. The minimum Gasteiger partial charge on any atom is -0.497 e. The van der Waals surface area contributed by atoms with E-state index in [4.69, 9.17) is 4.74 Å². The zero-order valence-corrected chi connectivity index (χ0v) is 15.4. The zero-order valence-electron chi connectivity index (χ0n) is 15.4. The van der Waals surface area contributed by atoms with E-state index < -0.39 is 0 Å². The predicted octanol–water partition coefficient (Wildman–Crippen LogP) is 4.80. The number of benzene rings is 3. The number of nitrogens with one attached hydrogen (secondary N) is 1. The summed E-state index contributed by atoms with van der Waals surface area (Å²) >= 11 is 0. The first-order valence-corrected chi connectivity index (χ1v) is 8.90. The molecule has 0 unspecified atom stereocenters. The molecule has 5 nitrogen and oxygen atoms in total. The van der Waals surface area contributed by atoms with Crippen LogP contribution in [0.2, 0.25) is 0 Å².